The van der Waals surface area contributed by atoms with Crippen molar-refractivity contribution >= 4 is 22.8 Å². The van der Waals surface area contributed by atoms with Crippen LogP contribution in [0.5, 0.6) is 0 Å². The standard InChI is InChI=1S/C15H17N5OS/c1-11-14(18-13-6-4-3-5-12(13)17-11)9-22-15-19-16-10-20(15)7-8-21-2/h3-6,10H,7-9H2,1-2H3. The zero-order valence-electron chi connectivity index (χ0n) is 12.6. The molecule has 0 atom stereocenters. The van der Waals surface area contributed by atoms with Crippen LogP contribution in [0.3, 0.4) is 0 Å². The second-order valence-electron chi connectivity index (χ2n) is 4.83. The molecule has 0 aliphatic carbocycles. The second kappa shape index (κ2) is 6.85. The zero-order chi connectivity index (χ0) is 15.4. The van der Waals surface area contributed by atoms with E-state index in [9.17, 15) is 0 Å². The van der Waals surface area contributed by atoms with Gasteiger partial charge in [0.2, 0.25) is 0 Å². The summed E-state index contributed by atoms with van der Waals surface area (Å²) in [4.78, 5) is 9.31. The molecule has 2 heterocycles. The van der Waals surface area contributed by atoms with Gasteiger partial charge in [-0.1, -0.05) is 23.9 Å². The summed E-state index contributed by atoms with van der Waals surface area (Å²) >= 11 is 1.61. The number of aromatic nitrogens is 5. The molecule has 0 fully saturated rings. The lowest BCUT2D eigenvalue weighted by molar-refractivity contribution is 0.184. The summed E-state index contributed by atoms with van der Waals surface area (Å²) in [5.74, 6) is 0.718. The van der Waals surface area contributed by atoms with Crippen molar-refractivity contribution in [2.75, 3.05) is 13.7 Å². The molecule has 3 aromatic rings. The number of methoxy groups -OCH3 is 1. The molecule has 0 spiro atoms. The second-order valence-corrected chi connectivity index (χ2v) is 5.78. The highest BCUT2D eigenvalue weighted by molar-refractivity contribution is 7.98. The maximum absolute atomic E-state index is 5.09. The van der Waals surface area contributed by atoms with E-state index in [0.717, 1.165) is 39.9 Å². The third-order valence-corrected chi connectivity index (χ3v) is 4.29. The summed E-state index contributed by atoms with van der Waals surface area (Å²) < 4.78 is 7.08. The number of rotatable bonds is 6. The van der Waals surface area contributed by atoms with Gasteiger partial charge in [0.15, 0.2) is 5.16 Å². The van der Waals surface area contributed by atoms with Crippen LogP contribution in [0, 0.1) is 6.92 Å². The number of hydrogen-bond donors (Lipinski definition) is 0. The Hall–Kier alpha value is -1.99. The summed E-state index contributed by atoms with van der Waals surface area (Å²) in [5.41, 5.74) is 3.78. The van der Waals surface area contributed by atoms with Crippen LogP contribution < -0.4 is 0 Å². The molecule has 0 radical (unpaired) electrons. The van der Waals surface area contributed by atoms with Crippen molar-refractivity contribution in [3.8, 4) is 0 Å². The molecule has 0 saturated carbocycles. The summed E-state index contributed by atoms with van der Waals surface area (Å²) in [6.07, 6.45) is 1.72. The lowest BCUT2D eigenvalue weighted by atomic mass is 10.2. The van der Waals surface area contributed by atoms with Crippen LogP contribution in [0.25, 0.3) is 11.0 Å². The Morgan fingerprint density at radius 3 is 2.73 bits per heavy atom. The first-order chi connectivity index (χ1) is 10.8. The smallest absolute Gasteiger partial charge is 0.191 e. The first kappa shape index (κ1) is 14.9. The van der Waals surface area contributed by atoms with Gasteiger partial charge >= 0.3 is 0 Å². The van der Waals surface area contributed by atoms with Gasteiger partial charge in [0, 0.05) is 19.4 Å². The molecule has 0 saturated heterocycles. The number of hydrogen-bond acceptors (Lipinski definition) is 6. The minimum atomic E-state index is 0.639. The van der Waals surface area contributed by atoms with Crippen LogP contribution in [-0.4, -0.2) is 38.4 Å². The molecule has 0 aliphatic heterocycles. The average Bonchev–Trinajstić information content (AvgIpc) is 2.98. The average molecular weight is 315 g/mol. The van der Waals surface area contributed by atoms with Crippen molar-refractivity contribution in [3.63, 3.8) is 0 Å². The molecule has 0 amide bonds. The van der Waals surface area contributed by atoms with E-state index in [-0.39, 0.29) is 0 Å². The molecule has 6 nitrogen and oxygen atoms in total. The molecule has 3 rings (SSSR count). The fraction of sp³-hybridized carbons (Fsp3) is 0.333. The molecule has 1 aromatic carbocycles. The molecule has 22 heavy (non-hydrogen) atoms. The van der Waals surface area contributed by atoms with Crippen molar-refractivity contribution < 1.29 is 4.74 Å². The number of nitrogens with zero attached hydrogens (tertiary/aromatic N) is 5. The molecule has 2 aromatic heterocycles. The number of benzene rings is 1. The van der Waals surface area contributed by atoms with Crippen LogP contribution in [0.1, 0.15) is 11.4 Å². The minimum Gasteiger partial charge on any atom is -0.383 e. The number of ether oxygens (including phenoxy) is 1. The van der Waals surface area contributed by atoms with Crippen molar-refractivity contribution in [1.82, 2.24) is 24.7 Å². The maximum Gasteiger partial charge on any atom is 0.191 e. The van der Waals surface area contributed by atoms with Gasteiger partial charge < -0.3 is 9.30 Å². The van der Waals surface area contributed by atoms with Crippen molar-refractivity contribution in [3.05, 3.63) is 42.0 Å². The normalized spacial score (nSPS) is 11.2. The fourth-order valence-electron chi connectivity index (χ4n) is 2.09. The molecule has 0 N–H and O–H groups in total. The monoisotopic (exact) mass is 315 g/mol. The Bertz CT molecular complexity index is 773. The fourth-order valence-corrected chi connectivity index (χ4v) is 3.04. The first-order valence-corrected chi connectivity index (χ1v) is 7.98. The largest absolute Gasteiger partial charge is 0.383 e. The van der Waals surface area contributed by atoms with Gasteiger partial charge in [-0.3, -0.25) is 0 Å². The number of para-hydroxylation sites is 2. The van der Waals surface area contributed by atoms with Gasteiger partial charge in [0.1, 0.15) is 6.33 Å². The Kier molecular flexibility index (Phi) is 4.65. The van der Waals surface area contributed by atoms with Gasteiger partial charge in [-0.25, -0.2) is 9.97 Å². The molecule has 0 bridgehead atoms. The maximum atomic E-state index is 5.09. The quantitative estimate of drug-likeness (QED) is 0.651. The Labute approximate surface area is 132 Å². The predicted octanol–water partition coefficient (Wildman–Crippen LogP) is 2.47. The molecule has 0 unspecified atom stereocenters. The first-order valence-electron chi connectivity index (χ1n) is 6.99. The van der Waals surface area contributed by atoms with E-state index in [1.165, 1.54) is 0 Å². The highest BCUT2D eigenvalue weighted by atomic mass is 32.2. The van der Waals surface area contributed by atoms with Crippen LogP contribution in [0.4, 0.5) is 0 Å². The van der Waals surface area contributed by atoms with E-state index in [2.05, 4.69) is 15.2 Å². The van der Waals surface area contributed by atoms with Crippen LogP contribution in [-0.2, 0) is 17.0 Å². The summed E-state index contributed by atoms with van der Waals surface area (Å²) in [7, 11) is 1.69. The van der Waals surface area contributed by atoms with E-state index < -0.39 is 0 Å². The van der Waals surface area contributed by atoms with E-state index in [4.69, 9.17) is 9.72 Å². The van der Waals surface area contributed by atoms with Crippen molar-refractivity contribution in [1.29, 1.82) is 0 Å². The molecule has 114 valence electrons. The predicted molar refractivity (Wildman–Crippen MR) is 85.7 cm³/mol. The van der Waals surface area contributed by atoms with Crippen LogP contribution in [0.15, 0.2) is 35.7 Å². The number of thioether (sulfide) groups is 1. The van der Waals surface area contributed by atoms with Crippen LogP contribution in [0.2, 0.25) is 0 Å². The Morgan fingerprint density at radius 2 is 1.95 bits per heavy atom. The van der Waals surface area contributed by atoms with Gasteiger partial charge in [-0.15, -0.1) is 10.2 Å². The van der Waals surface area contributed by atoms with Gasteiger partial charge in [-0.05, 0) is 19.1 Å². The number of aryl methyl sites for hydroxylation is 1. The molecule has 0 aliphatic rings. The van der Waals surface area contributed by atoms with Crippen molar-refractivity contribution in [2.24, 2.45) is 0 Å². The summed E-state index contributed by atoms with van der Waals surface area (Å²) in [6.45, 7) is 3.37. The highest BCUT2D eigenvalue weighted by Gasteiger charge is 2.09. The van der Waals surface area contributed by atoms with Crippen molar-refractivity contribution in [2.45, 2.75) is 24.4 Å². The van der Waals surface area contributed by atoms with Gasteiger partial charge in [-0.2, -0.15) is 0 Å². The van der Waals surface area contributed by atoms with E-state index in [1.807, 2.05) is 35.8 Å². The molecular formula is C15H17N5OS. The molecule has 7 heteroatoms. The van der Waals surface area contributed by atoms with E-state index in [1.54, 1.807) is 25.2 Å². The molecular weight excluding hydrogens is 298 g/mol. The lowest BCUT2D eigenvalue weighted by Gasteiger charge is -2.07. The lowest BCUT2D eigenvalue weighted by Crippen LogP contribution is -2.05. The van der Waals surface area contributed by atoms with E-state index in [0.29, 0.717) is 6.61 Å². The topological polar surface area (TPSA) is 65.7 Å². The zero-order valence-corrected chi connectivity index (χ0v) is 13.4. The van der Waals surface area contributed by atoms with E-state index >= 15 is 0 Å². The number of fused-ring (bicyclic) bond motifs is 1. The van der Waals surface area contributed by atoms with Gasteiger partial charge in [0.05, 0.1) is 29.0 Å². The highest BCUT2D eigenvalue weighted by Crippen LogP contribution is 2.22. The van der Waals surface area contributed by atoms with Gasteiger partial charge in [0.25, 0.3) is 0 Å². The summed E-state index contributed by atoms with van der Waals surface area (Å²) in [5, 5.41) is 8.98. The Balaban J connectivity index is 1.76. The summed E-state index contributed by atoms with van der Waals surface area (Å²) in [6, 6.07) is 7.92. The SMILES string of the molecule is COCCn1cnnc1SCc1nc2ccccc2nc1C. The third-order valence-electron chi connectivity index (χ3n) is 3.30. The Morgan fingerprint density at radius 1 is 1.18 bits per heavy atom. The minimum absolute atomic E-state index is 0.639. The third kappa shape index (κ3) is 3.26. The van der Waals surface area contributed by atoms with Crippen LogP contribution >= 0.6 is 11.8 Å².